The van der Waals surface area contributed by atoms with E-state index in [1.807, 2.05) is 6.07 Å². The summed E-state index contributed by atoms with van der Waals surface area (Å²) >= 11 is 6.01. The number of carbonyl (C=O) groups excluding carboxylic acids is 1. The van der Waals surface area contributed by atoms with Crippen LogP contribution < -0.4 is 0 Å². The number of aliphatic hydroxyl groups is 2. The van der Waals surface area contributed by atoms with Crippen molar-refractivity contribution in [2.75, 3.05) is 33.4 Å². The zero-order valence-electron chi connectivity index (χ0n) is 22.7. The van der Waals surface area contributed by atoms with Gasteiger partial charge in [-0.15, -0.1) is 5.10 Å². The second-order valence-electron chi connectivity index (χ2n) is 10.2. The van der Waals surface area contributed by atoms with Crippen LogP contribution in [0.15, 0.2) is 35.0 Å². The first-order valence-corrected chi connectivity index (χ1v) is 13.9. The molecule has 1 amide bonds. The van der Waals surface area contributed by atoms with Gasteiger partial charge in [0.25, 0.3) is 0 Å². The number of halogens is 2. The van der Waals surface area contributed by atoms with Crippen molar-refractivity contribution < 1.29 is 38.1 Å². The average Bonchev–Trinajstić information content (AvgIpc) is 3.64. The Hall–Kier alpha value is -3.10. The topological polar surface area (TPSA) is 145 Å². The molecular formula is C27H33ClFN5O7. The molecule has 1 aromatic carbocycles. The molecule has 0 unspecified atom stereocenters. The molecule has 0 spiro atoms. The Kier molecular flexibility index (Phi) is 9.19. The number of rotatable bonds is 8. The molecule has 2 N–H and O–H groups in total. The minimum absolute atomic E-state index is 0.108. The molecule has 41 heavy (non-hydrogen) atoms. The summed E-state index contributed by atoms with van der Waals surface area (Å²) in [5.74, 6) is 0.315. The Labute approximate surface area is 240 Å². The third kappa shape index (κ3) is 6.38. The van der Waals surface area contributed by atoms with Crippen molar-refractivity contribution in [2.24, 2.45) is 0 Å². The van der Waals surface area contributed by atoms with Gasteiger partial charge < -0.3 is 33.8 Å². The maximum Gasteiger partial charge on any atom is 0.409 e. The van der Waals surface area contributed by atoms with Gasteiger partial charge in [-0.05, 0) is 38.0 Å². The highest BCUT2D eigenvalue weighted by atomic mass is 35.5. The lowest BCUT2D eigenvalue weighted by atomic mass is 9.90. The molecule has 14 heteroatoms. The monoisotopic (exact) mass is 593 g/mol. The SMILES string of the molecule is CCOC(=O)N1CCC(c2cc(C[C@H]3O[C@H](CO)[C@H](O)[C@H](n4cc(-c5cc(F)cc(Cl)c5)nn4)[C@H]3OC)no2)CC1. The molecule has 12 nitrogen and oxygen atoms in total. The quantitative estimate of drug-likeness (QED) is 0.400. The number of aliphatic hydroxyl groups excluding tert-OH is 2. The van der Waals surface area contributed by atoms with Gasteiger partial charge in [-0.25, -0.2) is 13.9 Å². The Balaban J connectivity index is 1.31. The van der Waals surface area contributed by atoms with E-state index in [4.69, 9.17) is 30.3 Å². The van der Waals surface area contributed by atoms with Gasteiger partial charge in [-0.2, -0.15) is 0 Å². The summed E-state index contributed by atoms with van der Waals surface area (Å²) in [4.78, 5) is 13.7. The molecule has 2 aliphatic rings. The summed E-state index contributed by atoms with van der Waals surface area (Å²) < 4.78 is 38.0. The third-order valence-electron chi connectivity index (χ3n) is 7.62. The van der Waals surface area contributed by atoms with Gasteiger partial charge in [-0.3, -0.25) is 0 Å². The van der Waals surface area contributed by atoms with Crippen LogP contribution in [0.5, 0.6) is 0 Å². The van der Waals surface area contributed by atoms with Gasteiger partial charge >= 0.3 is 6.09 Å². The number of hydrogen-bond acceptors (Lipinski definition) is 10. The molecule has 2 aromatic heterocycles. The van der Waals surface area contributed by atoms with Crippen molar-refractivity contribution in [2.45, 2.75) is 62.6 Å². The molecule has 2 fully saturated rings. The number of methoxy groups -OCH3 is 1. The second kappa shape index (κ2) is 12.8. The number of likely N-dealkylation sites (tertiary alicyclic amines) is 1. The van der Waals surface area contributed by atoms with Crippen LogP contribution >= 0.6 is 11.6 Å². The molecule has 4 heterocycles. The fourth-order valence-electron chi connectivity index (χ4n) is 5.57. The average molecular weight is 594 g/mol. The highest BCUT2D eigenvalue weighted by Gasteiger charge is 2.47. The first kappa shape index (κ1) is 29.4. The zero-order chi connectivity index (χ0) is 29.1. The highest BCUT2D eigenvalue weighted by Crippen LogP contribution is 2.35. The van der Waals surface area contributed by atoms with Gasteiger partial charge in [0.1, 0.15) is 41.6 Å². The first-order valence-electron chi connectivity index (χ1n) is 13.5. The van der Waals surface area contributed by atoms with E-state index in [0.717, 1.165) is 18.6 Å². The van der Waals surface area contributed by atoms with Crippen LogP contribution in [0.4, 0.5) is 9.18 Å². The molecule has 0 aliphatic carbocycles. The van der Waals surface area contributed by atoms with Crippen molar-refractivity contribution in [1.29, 1.82) is 0 Å². The summed E-state index contributed by atoms with van der Waals surface area (Å²) in [6.07, 6.45) is -0.436. The van der Waals surface area contributed by atoms with Crippen LogP contribution in [0, 0.1) is 5.82 Å². The summed E-state index contributed by atoms with van der Waals surface area (Å²) in [6.45, 7) is 2.82. The van der Waals surface area contributed by atoms with Crippen LogP contribution in [-0.2, 0) is 20.6 Å². The minimum atomic E-state index is -1.18. The minimum Gasteiger partial charge on any atom is -0.450 e. The molecule has 3 aromatic rings. The lowest BCUT2D eigenvalue weighted by molar-refractivity contribution is -0.212. The van der Waals surface area contributed by atoms with Gasteiger partial charge in [0.05, 0.1) is 31.2 Å². The number of hydrogen-bond donors (Lipinski definition) is 2. The Morgan fingerprint density at radius 1 is 1.22 bits per heavy atom. The van der Waals surface area contributed by atoms with Crippen LogP contribution in [0.1, 0.15) is 43.2 Å². The van der Waals surface area contributed by atoms with Gasteiger partial charge in [0.15, 0.2) is 0 Å². The third-order valence-corrected chi connectivity index (χ3v) is 7.84. The standard InChI is InChI=1S/C27H33ClFN5O7/c1-3-39-27(37)33-6-4-15(5-7-33)21-11-19(31-41-21)12-22-26(38-2)24(25(36)23(14-35)40-22)34-13-20(30-32-34)16-8-17(28)10-18(29)9-16/h8-11,13,15,22-26,35-36H,3-7,12,14H2,1-2H3/t22-,23-,24+,25+,26+/m1/s1. The van der Waals surface area contributed by atoms with E-state index in [-0.39, 0.29) is 23.5 Å². The predicted molar refractivity (Wildman–Crippen MR) is 143 cm³/mol. The highest BCUT2D eigenvalue weighted by molar-refractivity contribution is 6.30. The Morgan fingerprint density at radius 2 is 2.00 bits per heavy atom. The van der Waals surface area contributed by atoms with Crippen LogP contribution in [0.2, 0.25) is 5.02 Å². The number of amides is 1. The fourth-order valence-corrected chi connectivity index (χ4v) is 5.79. The Morgan fingerprint density at radius 3 is 2.68 bits per heavy atom. The number of carbonyl (C=O) groups is 1. The second-order valence-corrected chi connectivity index (χ2v) is 10.6. The van der Waals surface area contributed by atoms with Crippen LogP contribution in [-0.4, -0.2) is 99.2 Å². The van der Waals surface area contributed by atoms with Crippen LogP contribution in [0.3, 0.4) is 0 Å². The molecule has 0 bridgehead atoms. The van der Waals surface area contributed by atoms with Crippen molar-refractivity contribution in [3.05, 3.63) is 52.8 Å². The number of aromatic nitrogens is 4. The van der Waals surface area contributed by atoms with E-state index < -0.39 is 42.9 Å². The predicted octanol–water partition coefficient (Wildman–Crippen LogP) is 2.98. The zero-order valence-corrected chi connectivity index (χ0v) is 23.5. The van der Waals surface area contributed by atoms with Gasteiger partial charge in [0.2, 0.25) is 0 Å². The van der Waals surface area contributed by atoms with E-state index >= 15 is 0 Å². The maximum absolute atomic E-state index is 13.9. The van der Waals surface area contributed by atoms with E-state index in [1.165, 1.54) is 23.9 Å². The molecule has 0 radical (unpaired) electrons. The van der Waals surface area contributed by atoms with Crippen molar-refractivity contribution in [3.63, 3.8) is 0 Å². The van der Waals surface area contributed by atoms with E-state index in [9.17, 15) is 19.4 Å². The Bertz CT molecular complexity index is 1310. The molecule has 5 rings (SSSR count). The lowest BCUT2D eigenvalue weighted by Gasteiger charge is -2.43. The number of ether oxygens (including phenoxy) is 3. The summed E-state index contributed by atoms with van der Waals surface area (Å²) in [6, 6.07) is 5.14. The summed E-state index contributed by atoms with van der Waals surface area (Å²) in [5, 5.41) is 33.9. The smallest absolute Gasteiger partial charge is 0.409 e. The molecule has 222 valence electrons. The van der Waals surface area contributed by atoms with E-state index in [2.05, 4.69) is 15.5 Å². The number of benzene rings is 1. The molecule has 2 aliphatic heterocycles. The molecular weight excluding hydrogens is 561 g/mol. The maximum atomic E-state index is 13.9. The van der Waals surface area contributed by atoms with Crippen molar-refractivity contribution in [1.82, 2.24) is 25.1 Å². The van der Waals surface area contributed by atoms with Gasteiger partial charge in [0, 0.05) is 49.2 Å². The van der Waals surface area contributed by atoms with Crippen molar-refractivity contribution >= 4 is 17.7 Å². The number of piperidine rings is 1. The normalized spacial score (nSPS) is 25.4. The fraction of sp³-hybridized carbons (Fsp3) is 0.556. The van der Waals surface area contributed by atoms with E-state index in [0.29, 0.717) is 36.6 Å². The largest absolute Gasteiger partial charge is 0.450 e. The summed E-state index contributed by atoms with van der Waals surface area (Å²) in [7, 11) is 1.50. The first-order chi connectivity index (χ1) is 19.8. The molecule has 5 atom stereocenters. The molecule has 0 saturated carbocycles. The van der Waals surface area contributed by atoms with Crippen LogP contribution in [0.25, 0.3) is 11.3 Å². The van der Waals surface area contributed by atoms with Gasteiger partial charge in [-0.1, -0.05) is 22.0 Å². The molecule has 2 saturated heterocycles. The number of nitrogens with zero attached hydrogens (tertiary/aromatic N) is 5. The summed E-state index contributed by atoms with van der Waals surface area (Å²) in [5.41, 5.74) is 1.41. The van der Waals surface area contributed by atoms with Crippen molar-refractivity contribution in [3.8, 4) is 11.3 Å². The lowest BCUT2D eigenvalue weighted by Crippen LogP contribution is -2.57. The van der Waals surface area contributed by atoms with E-state index in [1.54, 1.807) is 24.1 Å².